The SMILES string of the molecule is CCc1cc(CNCCCC(=O)O)n(CC)n1. The number of aryl methyl sites for hydroxylation is 2. The molecule has 5 nitrogen and oxygen atoms in total. The fourth-order valence-corrected chi connectivity index (χ4v) is 1.68. The van der Waals surface area contributed by atoms with Crippen LogP contribution in [0.2, 0.25) is 0 Å². The predicted molar refractivity (Wildman–Crippen MR) is 65.9 cm³/mol. The summed E-state index contributed by atoms with van der Waals surface area (Å²) in [6.07, 6.45) is 1.83. The second kappa shape index (κ2) is 7.06. The zero-order chi connectivity index (χ0) is 12.7. The van der Waals surface area contributed by atoms with Gasteiger partial charge in [0.05, 0.1) is 11.4 Å². The standard InChI is InChI=1S/C12H21N3O2/c1-3-10-8-11(15(4-2)14-10)9-13-7-5-6-12(16)17/h8,13H,3-7,9H2,1-2H3,(H,16,17). The van der Waals surface area contributed by atoms with E-state index in [9.17, 15) is 4.79 Å². The van der Waals surface area contributed by atoms with Crippen molar-refractivity contribution in [1.82, 2.24) is 15.1 Å². The Balaban J connectivity index is 2.35. The summed E-state index contributed by atoms with van der Waals surface area (Å²) in [6, 6.07) is 2.10. The monoisotopic (exact) mass is 239 g/mol. The molecule has 2 N–H and O–H groups in total. The van der Waals surface area contributed by atoms with Gasteiger partial charge in [0.2, 0.25) is 0 Å². The third kappa shape index (κ3) is 4.56. The predicted octanol–water partition coefficient (Wildman–Crippen LogP) is 1.42. The molecule has 1 aromatic heterocycles. The van der Waals surface area contributed by atoms with Gasteiger partial charge in [0, 0.05) is 19.5 Å². The van der Waals surface area contributed by atoms with Crippen LogP contribution in [-0.4, -0.2) is 27.4 Å². The molecular weight excluding hydrogens is 218 g/mol. The Morgan fingerprint density at radius 3 is 2.88 bits per heavy atom. The first-order valence-corrected chi connectivity index (χ1v) is 6.15. The summed E-state index contributed by atoms with van der Waals surface area (Å²) in [5.74, 6) is -0.737. The molecule has 5 heteroatoms. The quantitative estimate of drug-likeness (QED) is 0.673. The zero-order valence-corrected chi connectivity index (χ0v) is 10.6. The topological polar surface area (TPSA) is 67.2 Å². The molecule has 1 aromatic rings. The van der Waals surface area contributed by atoms with Crippen molar-refractivity contribution in [3.8, 4) is 0 Å². The van der Waals surface area contributed by atoms with E-state index >= 15 is 0 Å². The van der Waals surface area contributed by atoms with Crippen molar-refractivity contribution in [2.24, 2.45) is 0 Å². The van der Waals surface area contributed by atoms with Gasteiger partial charge in [-0.1, -0.05) is 6.92 Å². The Labute approximate surface area is 102 Å². The Hall–Kier alpha value is -1.36. The first-order chi connectivity index (χ1) is 8.17. The smallest absolute Gasteiger partial charge is 0.303 e. The van der Waals surface area contributed by atoms with E-state index in [-0.39, 0.29) is 6.42 Å². The number of carboxylic acid groups (broad SMARTS) is 1. The average molecular weight is 239 g/mol. The van der Waals surface area contributed by atoms with Crippen LogP contribution in [0.25, 0.3) is 0 Å². The lowest BCUT2D eigenvalue weighted by atomic mass is 10.3. The van der Waals surface area contributed by atoms with Gasteiger partial charge in [0.15, 0.2) is 0 Å². The molecule has 1 heterocycles. The number of aromatic nitrogens is 2. The van der Waals surface area contributed by atoms with Crippen LogP contribution in [-0.2, 0) is 24.3 Å². The van der Waals surface area contributed by atoms with Crippen molar-refractivity contribution in [2.75, 3.05) is 6.54 Å². The van der Waals surface area contributed by atoms with Crippen molar-refractivity contribution in [2.45, 2.75) is 46.2 Å². The van der Waals surface area contributed by atoms with Crippen LogP contribution >= 0.6 is 0 Å². The number of carboxylic acids is 1. The molecule has 1 rings (SSSR count). The van der Waals surface area contributed by atoms with Crippen molar-refractivity contribution in [3.63, 3.8) is 0 Å². The number of carbonyl (C=O) groups is 1. The highest BCUT2D eigenvalue weighted by atomic mass is 16.4. The minimum Gasteiger partial charge on any atom is -0.481 e. The van der Waals surface area contributed by atoms with Gasteiger partial charge in [-0.2, -0.15) is 5.10 Å². The Morgan fingerprint density at radius 2 is 2.29 bits per heavy atom. The summed E-state index contributed by atoms with van der Waals surface area (Å²) < 4.78 is 1.99. The molecule has 0 aromatic carbocycles. The minimum atomic E-state index is -0.737. The normalized spacial score (nSPS) is 10.7. The molecular formula is C12H21N3O2. The summed E-state index contributed by atoms with van der Waals surface area (Å²) in [6.45, 7) is 6.50. The van der Waals surface area contributed by atoms with Crippen molar-refractivity contribution >= 4 is 5.97 Å². The van der Waals surface area contributed by atoms with Gasteiger partial charge in [0.25, 0.3) is 0 Å². The minimum absolute atomic E-state index is 0.222. The van der Waals surface area contributed by atoms with Crippen LogP contribution in [0.15, 0.2) is 6.07 Å². The average Bonchev–Trinajstić information content (AvgIpc) is 2.70. The van der Waals surface area contributed by atoms with Crippen LogP contribution in [0.3, 0.4) is 0 Å². The third-order valence-electron chi connectivity index (χ3n) is 2.63. The van der Waals surface area contributed by atoms with Crippen LogP contribution in [0.5, 0.6) is 0 Å². The van der Waals surface area contributed by atoms with Gasteiger partial charge >= 0.3 is 5.97 Å². The Morgan fingerprint density at radius 1 is 1.53 bits per heavy atom. The summed E-state index contributed by atoms with van der Waals surface area (Å²) in [4.78, 5) is 10.3. The van der Waals surface area contributed by atoms with E-state index in [1.165, 1.54) is 5.69 Å². The van der Waals surface area contributed by atoms with E-state index in [1.807, 2.05) is 4.68 Å². The first-order valence-electron chi connectivity index (χ1n) is 6.15. The molecule has 0 fully saturated rings. The van der Waals surface area contributed by atoms with Crippen LogP contribution in [0, 0.1) is 0 Å². The van der Waals surface area contributed by atoms with Crippen molar-refractivity contribution < 1.29 is 9.90 Å². The van der Waals surface area contributed by atoms with Crippen molar-refractivity contribution in [1.29, 1.82) is 0 Å². The molecule has 0 bridgehead atoms. The molecule has 0 amide bonds. The van der Waals surface area contributed by atoms with E-state index in [2.05, 4.69) is 30.3 Å². The molecule has 0 aliphatic carbocycles. The van der Waals surface area contributed by atoms with Gasteiger partial charge in [-0.25, -0.2) is 0 Å². The summed E-state index contributed by atoms with van der Waals surface area (Å²) >= 11 is 0. The summed E-state index contributed by atoms with van der Waals surface area (Å²) in [7, 11) is 0. The zero-order valence-electron chi connectivity index (χ0n) is 10.6. The Kier molecular flexibility index (Phi) is 5.69. The molecule has 0 aliphatic rings. The molecule has 0 saturated heterocycles. The van der Waals surface area contributed by atoms with Crippen LogP contribution in [0.4, 0.5) is 0 Å². The maximum absolute atomic E-state index is 10.3. The second-order valence-electron chi connectivity index (χ2n) is 3.97. The molecule has 0 atom stereocenters. The number of hydrogen-bond acceptors (Lipinski definition) is 3. The number of nitrogens with zero attached hydrogens (tertiary/aromatic N) is 2. The maximum atomic E-state index is 10.3. The number of aliphatic carboxylic acids is 1. The van der Waals surface area contributed by atoms with E-state index < -0.39 is 5.97 Å². The lowest BCUT2D eigenvalue weighted by molar-refractivity contribution is -0.137. The van der Waals surface area contributed by atoms with E-state index in [4.69, 9.17) is 5.11 Å². The first kappa shape index (κ1) is 13.7. The van der Waals surface area contributed by atoms with E-state index in [0.717, 1.165) is 31.7 Å². The molecule has 17 heavy (non-hydrogen) atoms. The highest BCUT2D eigenvalue weighted by Crippen LogP contribution is 2.05. The Bertz CT molecular complexity index is 361. The van der Waals surface area contributed by atoms with Gasteiger partial charge in [0.1, 0.15) is 0 Å². The molecule has 0 aliphatic heterocycles. The second-order valence-corrected chi connectivity index (χ2v) is 3.97. The largest absolute Gasteiger partial charge is 0.481 e. The number of nitrogens with one attached hydrogen (secondary N) is 1. The van der Waals surface area contributed by atoms with Crippen LogP contribution in [0.1, 0.15) is 38.1 Å². The highest BCUT2D eigenvalue weighted by Gasteiger charge is 2.04. The van der Waals surface area contributed by atoms with E-state index in [0.29, 0.717) is 6.42 Å². The lowest BCUT2D eigenvalue weighted by Gasteiger charge is -2.05. The van der Waals surface area contributed by atoms with Gasteiger partial charge < -0.3 is 10.4 Å². The van der Waals surface area contributed by atoms with Crippen molar-refractivity contribution in [3.05, 3.63) is 17.5 Å². The molecule has 0 saturated carbocycles. The molecule has 0 spiro atoms. The lowest BCUT2D eigenvalue weighted by Crippen LogP contribution is -2.18. The van der Waals surface area contributed by atoms with Gasteiger partial charge in [-0.05, 0) is 32.4 Å². The van der Waals surface area contributed by atoms with Crippen LogP contribution < -0.4 is 5.32 Å². The fourth-order valence-electron chi connectivity index (χ4n) is 1.68. The maximum Gasteiger partial charge on any atom is 0.303 e. The number of hydrogen-bond donors (Lipinski definition) is 2. The summed E-state index contributed by atoms with van der Waals surface area (Å²) in [5, 5.41) is 16.2. The highest BCUT2D eigenvalue weighted by molar-refractivity contribution is 5.66. The van der Waals surface area contributed by atoms with Gasteiger partial charge in [-0.15, -0.1) is 0 Å². The van der Waals surface area contributed by atoms with E-state index in [1.54, 1.807) is 0 Å². The molecule has 96 valence electrons. The fraction of sp³-hybridized carbons (Fsp3) is 0.667. The van der Waals surface area contributed by atoms with Gasteiger partial charge in [-0.3, -0.25) is 9.48 Å². The molecule has 0 radical (unpaired) electrons. The number of rotatable bonds is 8. The summed E-state index contributed by atoms with van der Waals surface area (Å²) in [5.41, 5.74) is 2.27. The third-order valence-corrected chi connectivity index (χ3v) is 2.63. The molecule has 0 unspecified atom stereocenters.